The molecule has 1 aromatic heterocycles. The van der Waals surface area contributed by atoms with E-state index in [0.717, 1.165) is 17.7 Å². The first-order valence-corrected chi connectivity index (χ1v) is 12.4. The number of fused-ring (bicyclic) bond motifs is 1. The van der Waals surface area contributed by atoms with Crippen LogP contribution in [0, 0.1) is 5.82 Å². The molecule has 0 spiro atoms. The number of aromatic amines is 1. The molecule has 0 aliphatic carbocycles. The lowest BCUT2D eigenvalue weighted by atomic mass is 10.0. The van der Waals surface area contributed by atoms with Gasteiger partial charge in [0.1, 0.15) is 5.82 Å². The van der Waals surface area contributed by atoms with E-state index in [9.17, 15) is 18.8 Å². The predicted octanol–water partition coefficient (Wildman–Crippen LogP) is 3.99. The number of hydrogen-bond donors (Lipinski definition) is 4. The number of aromatic nitrogens is 2. The van der Waals surface area contributed by atoms with E-state index in [2.05, 4.69) is 32.7 Å². The highest BCUT2D eigenvalue weighted by Gasteiger charge is 2.44. The minimum atomic E-state index is -0.764. The monoisotopic (exact) mass is 533 g/mol. The molecule has 1 aliphatic rings. The van der Waals surface area contributed by atoms with Gasteiger partial charge >= 0.3 is 6.03 Å². The minimum absolute atomic E-state index is 0.0436. The zero-order chi connectivity index (χ0) is 28.3. The number of hydrogen-bond acceptors (Lipinski definition) is 5. The van der Waals surface area contributed by atoms with E-state index in [1.807, 2.05) is 63.2 Å². The van der Waals surface area contributed by atoms with Crippen molar-refractivity contribution >= 4 is 29.4 Å². The summed E-state index contributed by atoms with van der Waals surface area (Å²) in [6.45, 7) is 7.96. The van der Waals surface area contributed by atoms with E-state index in [1.165, 1.54) is 12.1 Å². The first-order valence-electron chi connectivity index (χ1n) is 12.4. The quantitative estimate of drug-likeness (QED) is 0.326. The van der Waals surface area contributed by atoms with Crippen molar-refractivity contribution in [3.8, 4) is 0 Å². The van der Waals surface area contributed by atoms with Crippen molar-refractivity contribution in [2.45, 2.75) is 32.0 Å². The number of nitrogens with one attached hydrogen (secondary N) is 4. The fourth-order valence-corrected chi connectivity index (χ4v) is 4.58. The molecule has 11 heteroatoms. The number of H-pyrrole nitrogens is 1. The second-order valence-corrected chi connectivity index (χ2v) is 10.1. The molecule has 4 amide bonds. The Hall–Kier alpha value is -4.51. The molecular formula is C28H32FN7O3. The van der Waals surface area contributed by atoms with Gasteiger partial charge in [-0.15, -0.1) is 0 Å². The van der Waals surface area contributed by atoms with Gasteiger partial charge in [0.25, 0.3) is 5.91 Å². The van der Waals surface area contributed by atoms with Crippen molar-refractivity contribution < 1.29 is 18.8 Å². The molecule has 2 aromatic carbocycles. The lowest BCUT2D eigenvalue weighted by Crippen LogP contribution is -2.48. The third-order valence-corrected chi connectivity index (χ3v) is 6.67. The molecule has 2 heterocycles. The Labute approximate surface area is 226 Å². The molecule has 0 unspecified atom stereocenters. The van der Waals surface area contributed by atoms with Gasteiger partial charge in [0.2, 0.25) is 5.91 Å². The highest BCUT2D eigenvalue weighted by Crippen LogP contribution is 2.40. The van der Waals surface area contributed by atoms with Crippen molar-refractivity contribution in [2.75, 3.05) is 31.3 Å². The summed E-state index contributed by atoms with van der Waals surface area (Å²) in [6, 6.07) is 13.0. The Kier molecular flexibility index (Phi) is 7.82. The zero-order valence-electron chi connectivity index (χ0n) is 22.3. The molecule has 1 atom stereocenters. The Balaban J connectivity index is 1.50. The second kappa shape index (κ2) is 11.1. The Morgan fingerprint density at radius 3 is 2.54 bits per heavy atom. The summed E-state index contributed by atoms with van der Waals surface area (Å²) < 4.78 is 14.4. The van der Waals surface area contributed by atoms with Crippen LogP contribution in [0.5, 0.6) is 0 Å². The van der Waals surface area contributed by atoms with Crippen molar-refractivity contribution in [3.05, 3.63) is 89.4 Å². The smallest absolute Gasteiger partial charge is 0.319 e. The minimum Gasteiger partial charge on any atom is -0.330 e. The van der Waals surface area contributed by atoms with Gasteiger partial charge < -0.3 is 25.8 Å². The largest absolute Gasteiger partial charge is 0.330 e. The van der Waals surface area contributed by atoms with Gasteiger partial charge in [-0.3, -0.25) is 14.7 Å². The van der Waals surface area contributed by atoms with Crippen molar-refractivity contribution in [3.63, 3.8) is 0 Å². The fraction of sp³-hybridized carbons (Fsp3) is 0.286. The summed E-state index contributed by atoms with van der Waals surface area (Å²) in [5.74, 6) is -1.65. The number of urea groups is 1. The fourth-order valence-electron chi connectivity index (χ4n) is 4.58. The highest BCUT2D eigenvalue weighted by molar-refractivity contribution is 6.05. The van der Waals surface area contributed by atoms with Crippen LogP contribution < -0.4 is 16.0 Å². The Morgan fingerprint density at radius 2 is 1.90 bits per heavy atom. The summed E-state index contributed by atoms with van der Waals surface area (Å²) >= 11 is 0. The maximum absolute atomic E-state index is 14.4. The molecule has 204 valence electrons. The number of halogens is 1. The van der Waals surface area contributed by atoms with Gasteiger partial charge in [0.05, 0.1) is 29.5 Å². The third kappa shape index (κ3) is 5.83. The van der Waals surface area contributed by atoms with Gasteiger partial charge in [-0.25, -0.2) is 9.18 Å². The maximum Gasteiger partial charge on any atom is 0.319 e. The van der Waals surface area contributed by atoms with E-state index < -0.39 is 23.2 Å². The van der Waals surface area contributed by atoms with Gasteiger partial charge in [-0.1, -0.05) is 36.9 Å². The second-order valence-electron chi connectivity index (χ2n) is 10.1. The molecule has 3 aromatic rings. The van der Waals surface area contributed by atoms with Gasteiger partial charge in [-0.2, -0.15) is 5.10 Å². The molecule has 0 saturated carbocycles. The van der Waals surface area contributed by atoms with Crippen LogP contribution in [0.1, 0.15) is 47.1 Å². The van der Waals surface area contributed by atoms with E-state index in [0.29, 0.717) is 17.8 Å². The van der Waals surface area contributed by atoms with Crippen LogP contribution in [0.25, 0.3) is 0 Å². The van der Waals surface area contributed by atoms with Crippen LogP contribution in [0.4, 0.5) is 20.7 Å². The van der Waals surface area contributed by atoms with E-state index in [-0.39, 0.29) is 35.7 Å². The summed E-state index contributed by atoms with van der Waals surface area (Å²) in [7, 11) is 3.90. The number of rotatable bonds is 8. The molecule has 1 aliphatic heterocycles. The number of carbonyl (C=O) groups excluding carboxylic acids is 3. The highest BCUT2D eigenvalue weighted by atomic mass is 19.1. The van der Waals surface area contributed by atoms with Crippen LogP contribution in [0.3, 0.4) is 0 Å². The Bertz CT molecular complexity index is 1400. The average Bonchev–Trinajstić information content (AvgIpc) is 3.42. The summed E-state index contributed by atoms with van der Waals surface area (Å²) in [6.07, 6.45) is 1.02. The van der Waals surface area contributed by atoms with Gasteiger partial charge in [-0.05, 0) is 57.8 Å². The molecule has 39 heavy (non-hydrogen) atoms. The zero-order valence-corrected chi connectivity index (χ0v) is 22.3. The molecule has 4 N–H and O–H groups in total. The summed E-state index contributed by atoms with van der Waals surface area (Å²) in [4.78, 5) is 41.6. The molecule has 4 rings (SSSR count). The molecule has 10 nitrogen and oxygen atoms in total. The van der Waals surface area contributed by atoms with Crippen LogP contribution >= 0.6 is 0 Å². The number of carbonyl (C=O) groups is 3. The van der Waals surface area contributed by atoms with Crippen LogP contribution in [0.2, 0.25) is 0 Å². The van der Waals surface area contributed by atoms with Crippen molar-refractivity contribution in [1.29, 1.82) is 0 Å². The van der Waals surface area contributed by atoms with Gasteiger partial charge in [0.15, 0.2) is 5.82 Å². The van der Waals surface area contributed by atoms with E-state index >= 15 is 0 Å². The summed E-state index contributed by atoms with van der Waals surface area (Å²) in [5, 5.41) is 15.4. The number of benzene rings is 2. The topological polar surface area (TPSA) is 122 Å². The van der Waals surface area contributed by atoms with Gasteiger partial charge in [0, 0.05) is 17.7 Å². The normalized spacial score (nSPS) is 14.5. The lowest BCUT2D eigenvalue weighted by Gasteiger charge is -2.34. The molecule has 0 radical (unpaired) electrons. The number of amides is 4. The summed E-state index contributed by atoms with van der Waals surface area (Å²) in [5.41, 5.74) is 1.61. The van der Waals surface area contributed by atoms with Crippen LogP contribution in [-0.2, 0) is 16.9 Å². The SMILES string of the molecule is C=CC(=O)Nc1ccc(C(=O)Nc2n[nH]c3c2CN(C(=O)N[C@H](CN(C)C)c2ccccc2)C3(C)C)cc1F. The number of anilines is 2. The van der Waals surface area contributed by atoms with Crippen LogP contribution in [0.15, 0.2) is 61.2 Å². The Morgan fingerprint density at radius 1 is 1.18 bits per heavy atom. The molecule has 0 bridgehead atoms. The predicted molar refractivity (Wildman–Crippen MR) is 147 cm³/mol. The first kappa shape index (κ1) is 27.5. The standard InChI is InChI=1S/C28H32FN7O3/c1-6-23(37)30-21-13-12-18(14-20(21)29)26(38)32-25-19-15-36(28(2,3)24(19)33-34-25)27(39)31-22(16-35(4)5)17-10-8-7-9-11-17/h6-14,22H,1,15-16H2,2-5H3,(H,30,37)(H,31,39)(H2,32,33,34,38)/t22-/m1/s1. The molecule has 0 fully saturated rings. The number of nitrogens with zero attached hydrogens (tertiary/aromatic N) is 3. The van der Waals surface area contributed by atoms with Crippen molar-refractivity contribution in [1.82, 2.24) is 25.3 Å². The molecule has 0 saturated heterocycles. The average molecular weight is 534 g/mol. The number of likely N-dealkylation sites (N-methyl/N-ethyl adjacent to an activating group) is 1. The first-order chi connectivity index (χ1) is 18.5. The van der Waals surface area contributed by atoms with E-state index in [4.69, 9.17) is 0 Å². The molecular weight excluding hydrogens is 501 g/mol. The van der Waals surface area contributed by atoms with Crippen molar-refractivity contribution in [2.24, 2.45) is 0 Å². The van der Waals surface area contributed by atoms with E-state index in [1.54, 1.807) is 4.90 Å². The third-order valence-electron chi connectivity index (χ3n) is 6.67. The maximum atomic E-state index is 14.4. The van der Waals surface area contributed by atoms with Crippen LogP contribution in [-0.4, -0.2) is 58.5 Å². The lowest BCUT2D eigenvalue weighted by molar-refractivity contribution is -0.111.